The molecule has 4 heterocycles. The minimum atomic E-state index is -4.48. The number of amides is 3. The number of nitrogens with zero attached hydrogens (tertiary/aromatic N) is 4. The smallest absolute Gasteiger partial charge is 0.406 e. The summed E-state index contributed by atoms with van der Waals surface area (Å²) in [7, 11) is 3.00. The van der Waals surface area contributed by atoms with Gasteiger partial charge >= 0.3 is 6.18 Å². The number of anilines is 3. The molecule has 3 aromatic heterocycles. The zero-order valence-corrected chi connectivity index (χ0v) is 44.1. The molecule has 410 valence electrons. The van der Waals surface area contributed by atoms with Gasteiger partial charge in [0.25, 0.3) is 11.8 Å². The van der Waals surface area contributed by atoms with Gasteiger partial charge in [-0.3, -0.25) is 19.4 Å². The van der Waals surface area contributed by atoms with Gasteiger partial charge < -0.3 is 60.5 Å². The Labute approximate surface area is 447 Å². The maximum absolute atomic E-state index is 13.8. The first-order valence-electron chi connectivity index (χ1n) is 25.7. The lowest BCUT2D eigenvalue weighted by Gasteiger charge is -2.33. The molecule has 0 atom stereocenters. The fourth-order valence-corrected chi connectivity index (χ4v) is 8.76. The zero-order valence-electron chi connectivity index (χ0n) is 44.1. The van der Waals surface area contributed by atoms with E-state index in [9.17, 15) is 32.7 Å². The van der Waals surface area contributed by atoms with Crippen LogP contribution in [0.3, 0.4) is 0 Å². The summed E-state index contributed by atoms with van der Waals surface area (Å²) in [5.74, 6) is 6.18. The van der Waals surface area contributed by atoms with Crippen LogP contribution in [0.4, 0.5) is 30.4 Å². The number of aromatic hydroxyl groups is 1. The van der Waals surface area contributed by atoms with Gasteiger partial charge in [0.1, 0.15) is 29.6 Å². The lowest BCUT2D eigenvalue weighted by Crippen LogP contribution is -2.42. The molecule has 1 saturated heterocycles. The van der Waals surface area contributed by atoms with Gasteiger partial charge in [0.05, 0.1) is 76.6 Å². The highest BCUT2D eigenvalue weighted by molar-refractivity contribution is 5.96. The second-order valence-corrected chi connectivity index (χ2v) is 17.5. The lowest BCUT2D eigenvalue weighted by atomic mass is 9.92. The third-order valence-electron chi connectivity index (χ3n) is 12.5. The Hall–Kier alpha value is -7.86. The van der Waals surface area contributed by atoms with E-state index < -0.39 is 12.7 Å². The standard InChI is InChI=1S/C55H62F3N9O8.C2H6/c1-4-42-44(34-64-52(59)51(42)36-10-14-41(68)15-11-36)38-13-17-47(63-33-38)54(71)62-22-26-74-28-30-75-29-27-73-25-20-50(69)66-23-18-39(19-24-66)65-45-8-5-9-48-43(45)32-40(67(48)35-55(56,57)58)7-6-21-61-46-16-12-37(53(70)60-2)31-49(46)72-3;1-2/h5,8-17,31-34,39,61,65,68H,4,18-30,35H2,1-3H3,(H2,59,64)(H,60,70)(H,62,71);1-2H3. The van der Waals surface area contributed by atoms with Gasteiger partial charge in [-0.25, -0.2) is 4.98 Å². The molecule has 0 radical (unpaired) electrons. The number of nitrogen functional groups attached to an aromatic ring is 1. The third kappa shape index (κ3) is 16.3. The van der Waals surface area contributed by atoms with Crippen LogP contribution in [0.25, 0.3) is 33.2 Å². The number of nitrogens with two attached hydrogens (primary N) is 1. The number of likely N-dealkylation sites (tertiary alicyclic amines) is 1. The van der Waals surface area contributed by atoms with Crippen molar-refractivity contribution < 1.29 is 51.6 Å². The van der Waals surface area contributed by atoms with E-state index in [4.69, 9.17) is 24.7 Å². The molecule has 17 nitrogen and oxygen atoms in total. The molecule has 3 aromatic carbocycles. The van der Waals surface area contributed by atoms with E-state index in [0.717, 1.165) is 27.8 Å². The topological polar surface area (TPSA) is 216 Å². The van der Waals surface area contributed by atoms with Crippen molar-refractivity contribution in [3.8, 4) is 45.6 Å². The number of alkyl halides is 3. The predicted octanol–water partition coefficient (Wildman–Crippen LogP) is 8.31. The van der Waals surface area contributed by atoms with E-state index in [2.05, 4.69) is 43.1 Å². The fourth-order valence-electron chi connectivity index (χ4n) is 8.76. The monoisotopic (exact) mass is 1060 g/mol. The van der Waals surface area contributed by atoms with Gasteiger partial charge in [0, 0.05) is 78.4 Å². The second kappa shape index (κ2) is 28.9. The number of halogens is 3. The summed E-state index contributed by atoms with van der Waals surface area (Å²) < 4.78 is 65.0. The quantitative estimate of drug-likeness (QED) is 0.0263. The Bertz CT molecular complexity index is 2970. The van der Waals surface area contributed by atoms with Crippen molar-refractivity contribution in [2.75, 3.05) is 96.3 Å². The van der Waals surface area contributed by atoms with Crippen LogP contribution in [-0.2, 0) is 32.0 Å². The van der Waals surface area contributed by atoms with Crippen LogP contribution < -0.4 is 31.7 Å². The summed E-state index contributed by atoms with van der Waals surface area (Å²) in [5.41, 5.74) is 13.1. The summed E-state index contributed by atoms with van der Waals surface area (Å²) in [6.45, 7) is 8.04. The van der Waals surface area contributed by atoms with Crippen molar-refractivity contribution in [3.05, 3.63) is 114 Å². The van der Waals surface area contributed by atoms with Gasteiger partial charge in [0.15, 0.2) is 0 Å². The SMILES string of the molecule is CC.CCc1c(-c2ccc(C(=O)NCCOCCOCCOCCC(=O)N3CCC(Nc4cccc5c4cc(C#CCNc4ccc(C(=O)NC)cc4OC)n5CC(F)(F)F)CC3)nc2)cnc(N)c1-c1ccc(O)cc1. The van der Waals surface area contributed by atoms with Crippen LogP contribution in [0.2, 0.25) is 0 Å². The van der Waals surface area contributed by atoms with Crippen molar-refractivity contribution in [3.63, 3.8) is 0 Å². The normalized spacial score (nSPS) is 12.5. The molecule has 77 heavy (non-hydrogen) atoms. The minimum absolute atomic E-state index is 0.00429. The number of piperidine rings is 1. The highest BCUT2D eigenvalue weighted by Crippen LogP contribution is 2.37. The highest BCUT2D eigenvalue weighted by Gasteiger charge is 2.30. The van der Waals surface area contributed by atoms with Gasteiger partial charge in [-0.2, -0.15) is 13.2 Å². The van der Waals surface area contributed by atoms with E-state index in [0.29, 0.717) is 98.2 Å². The summed E-state index contributed by atoms with van der Waals surface area (Å²) in [6, 6.07) is 22.0. The van der Waals surface area contributed by atoms with Crippen molar-refractivity contribution in [2.24, 2.45) is 0 Å². The molecule has 20 heteroatoms. The number of phenolic OH excluding ortho intramolecular Hbond substituents is 1. The van der Waals surface area contributed by atoms with E-state index >= 15 is 0 Å². The molecule has 7 N–H and O–H groups in total. The lowest BCUT2D eigenvalue weighted by molar-refractivity contribution is -0.140. The largest absolute Gasteiger partial charge is 0.508 e. The fraction of sp³-hybridized carbons (Fsp3) is 0.386. The Morgan fingerprint density at radius 3 is 2.21 bits per heavy atom. The Kier molecular flexibility index (Phi) is 21.9. The number of carbonyl (C=O) groups excluding carboxylic acids is 3. The molecule has 3 amide bonds. The first kappa shape index (κ1) is 58.4. The Balaban J connectivity index is 0.00000475. The van der Waals surface area contributed by atoms with Crippen LogP contribution in [0, 0.1) is 11.8 Å². The first-order valence-corrected chi connectivity index (χ1v) is 25.7. The van der Waals surface area contributed by atoms with Crippen molar-refractivity contribution in [2.45, 2.75) is 65.2 Å². The number of phenols is 1. The summed E-state index contributed by atoms with van der Waals surface area (Å²) in [5, 5.41) is 22.3. The molecule has 0 spiro atoms. The van der Waals surface area contributed by atoms with Crippen LogP contribution in [0.5, 0.6) is 11.5 Å². The summed E-state index contributed by atoms with van der Waals surface area (Å²) in [6.07, 6.45) is 1.06. The van der Waals surface area contributed by atoms with E-state index in [1.807, 2.05) is 32.9 Å². The average Bonchev–Trinajstić information content (AvgIpc) is 3.83. The number of hydrogen-bond acceptors (Lipinski definition) is 13. The van der Waals surface area contributed by atoms with Crippen molar-refractivity contribution in [1.82, 2.24) is 30.1 Å². The van der Waals surface area contributed by atoms with E-state index in [-0.39, 0.29) is 73.6 Å². The number of aromatic nitrogens is 3. The average molecular weight is 1060 g/mol. The van der Waals surface area contributed by atoms with Crippen LogP contribution in [0.15, 0.2) is 91.3 Å². The number of nitrogens with one attached hydrogen (secondary N) is 4. The Morgan fingerprint density at radius 1 is 0.844 bits per heavy atom. The molecule has 1 aliphatic heterocycles. The van der Waals surface area contributed by atoms with Crippen LogP contribution in [0.1, 0.15) is 72.1 Å². The van der Waals surface area contributed by atoms with E-state index in [1.54, 1.807) is 84.0 Å². The first-order chi connectivity index (χ1) is 37.3. The molecule has 7 rings (SSSR count). The number of fused-ring (bicyclic) bond motifs is 1. The van der Waals surface area contributed by atoms with Gasteiger partial charge in [0.2, 0.25) is 5.91 Å². The number of ether oxygens (including phenoxy) is 4. The molecule has 0 aliphatic carbocycles. The van der Waals surface area contributed by atoms with Crippen molar-refractivity contribution >= 4 is 45.8 Å². The predicted molar refractivity (Wildman–Crippen MR) is 292 cm³/mol. The number of methoxy groups -OCH3 is 1. The third-order valence-corrected chi connectivity index (χ3v) is 12.5. The van der Waals surface area contributed by atoms with E-state index in [1.165, 1.54) is 18.7 Å². The number of carbonyl (C=O) groups is 3. The maximum atomic E-state index is 13.8. The van der Waals surface area contributed by atoms with Crippen LogP contribution >= 0.6 is 0 Å². The number of rotatable bonds is 23. The highest BCUT2D eigenvalue weighted by atomic mass is 19.4. The molecule has 6 aromatic rings. The molecule has 0 saturated carbocycles. The van der Waals surface area contributed by atoms with Gasteiger partial charge in [-0.05, 0) is 90.9 Å². The molecule has 1 aliphatic rings. The number of benzene rings is 3. The Morgan fingerprint density at radius 2 is 1.55 bits per heavy atom. The number of hydrogen-bond donors (Lipinski definition) is 6. The molecular weight excluding hydrogens is 996 g/mol. The maximum Gasteiger partial charge on any atom is 0.406 e. The second-order valence-electron chi connectivity index (χ2n) is 17.5. The van der Waals surface area contributed by atoms with Gasteiger partial charge in [-0.15, -0.1) is 0 Å². The minimum Gasteiger partial charge on any atom is -0.508 e. The molecular formula is C57H68F3N9O8. The molecule has 0 unspecified atom stereocenters. The molecule has 1 fully saturated rings. The number of pyridine rings is 2. The van der Waals surface area contributed by atoms with Crippen molar-refractivity contribution in [1.29, 1.82) is 0 Å². The molecule has 0 bridgehead atoms. The summed E-state index contributed by atoms with van der Waals surface area (Å²) in [4.78, 5) is 48.4. The summed E-state index contributed by atoms with van der Waals surface area (Å²) >= 11 is 0. The zero-order chi connectivity index (χ0) is 55.3. The van der Waals surface area contributed by atoms with Crippen LogP contribution in [-0.4, -0.2) is 134 Å². The van der Waals surface area contributed by atoms with Gasteiger partial charge in [-0.1, -0.05) is 51.0 Å².